The van der Waals surface area contributed by atoms with E-state index in [9.17, 15) is 8.42 Å². The van der Waals surface area contributed by atoms with Gasteiger partial charge in [0.2, 0.25) is 10.0 Å². The van der Waals surface area contributed by atoms with Gasteiger partial charge in [0.15, 0.2) is 5.96 Å². The van der Waals surface area contributed by atoms with Crippen LogP contribution < -0.4 is 15.4 Å². The van der Waals surface area contributed by atoms with Gasteiger partial charge in [0.25, 0.3) is 0 Å². The minimum Gasteiger partial charge on any atom is -0.385 e. The SMILES string of the molecule is CCNC(=NCc1ccccc1S(=O)(=O)NC(C)(C)C)NCC1(CCOC)CCC1.I. The third kappa shape index (κ3) is 8.86. The summed E-state index contributed by atoms with van der Waals surface area (Å²) in [5, 5.41) is 6.73. The monoisotopic (exact) mass is 566 g/mol. The van der Waals surface area contributed by atoms with Gasteiger partial charge in [0.05, 0.1) is 11.4 Å². The molecule has 1 aliphatic carbocycles. The van der Waals surface area contributed by atoms with Gasteiger partial charge in [-0.25, -0.2) is 18.1 Å². The summed E-state index contributed by atoms with van der Waals surface area (Å²) in [6, 6.07) is 7.03. The Labute approximate surface area is 205 Å². The molecule has 0 heterocycles. The van der Waals surface area contributed by atoms with E-state index in [1.165, 1.54) is 19.3 Å². The molecule has 0 unspecified atom stereocenters. The van der Waals surface area contributed by atoms with Crippen molar-refractivity contribution in [2.45, 2.75) is 70.4 Å². The lowest BCUT2D eigenvalue weighted by Crippen LogP contribution is -2.47. The van der Waals surface area contributed by atoms with E-state index < -0.39 is 15.6 Å². The van der Waals surface area contributed by atoms with E-state index in [1.807, 2.05) is 39.8 Å². The van der Waals surface area contributed by atoms with Gasteiger partial charge >= 0.3 is 0 Å². The Kier molecular flexibility index (Phi) is 11.2. The van der Waals surface area contributed by atoms with Crippen LogP contribution in [0.4, 0.5) is 0 Å². The van der Waals surface area contributed by atoms with E-state index in [4.69, 9.17) is 4.74 Å². The maximum absolute atomic E-state index is 12.8. The molecule has 2 rings (SSSR count). The van der Waals surface area contributed by atoms with Crippen molar-refractivity contribution in [1.29, 1.82) is 0 Å². The highest BCUT2D eigenvalue weighted by Gasteiger charge is 2.36. The number of hydrogen-bond donors (Lipinski definition) is 3. The van der Waals surface area contributed by atoms with Crippen LogP contribution >= 0.6 is 24.0 Å². The third-order valence-corrected chi connectivity index (χ3v) is 7.19. The molecule has 31 heavy (non-hydrogen) atoms. The molecule has 0 atom stereocenters. The fourth-order valence-corrected chi connectivity index (χ4v) is 5.29. The molecule has 1 aromatic rings. The van der Waals surface area contributed by atoms with Crippen LogP contribution in [0.25, 0.3) is 0 Å². The zero-order valence-electron chi connectivity index (χ0n) is 19.5. The molecular weight excluding hydrogens is 527 g/mol. The van der Waals surface area contributed by atoms with E-state index in [0.717, 1.165) is 26.1 Å². The van der Waals surface area contributed by atoms with Crippen molar-refractivity contribution >= 4 is 40.0 Å². The number of rotatable bonds is 10. The molecule has 9 heteroatoms. The Hall–Kier alpha value is -0.910. The van der Waals surface area contributed by atoms with Crippen LogP contribution in [-0.4, -0.2) is 46.7 Å². The van der Waals surface area contributed by atoms with E-state index in [-0.39, 0.29) is 40.8 Å². The highest BCUT2D eigenvalue weighted by atomic mass is 127. The molecule has 0 radical (unpaired) electrons. The Morgan fingerprint density at radius 1 is 1.19 bits per heavy atom. The van der Waals surface area contributed by atoms with Crippen LogP contribution in [0, 0.1) is 5.41 Å². The van der Waals surface area contributed by atoms with Crippen LogP contribution in [0.5, 0.6) is 0 Å². The lowest BCUT2D eigenvalue weighted by molar-refractivity contribution is 0.0732. The van der Waals surface area contributed by atoms with E-state index >= 15 is 0 Å². The lowest BCUT2D eigenvalue weighted by atomic mass is 9.67. The molecule has 0 saturated heterocycles. The molecule has 0 amide bonds. The number of nitrogens with zero attached hydrogens (tertiary/aromatic N) is 1. The summed E-state index contributed by atoms with van der Waals surface area (Å²) in [5.41, 5.74) is 0.388. The van der Waals surface area contributed by atoms with Gasteiger partial charge in [-0.3, -0.25) is 0 Å². The van der Waals surface area contributed by atoms with E-state index in [0.29, 0.717) is 11.5 Å². The van der Waals surface area contributed by atoms with Crippen molar-refractivity contribution in [3.8, 4) is 0 Å². The summed E-state index contributed by atoms with van der Waals surface area (Å²) in [4.78, 5) is 4.94. The van der Waals surface area contributed by atoms with Gasteiger partial charge in [0, 0.05) is 32.3 Å². The number of ether oxygens (including phenoxy) is 1. The first-order valence-electron chi connectivity index (χ1n) is 10.7. The molecular formula is C22H39IN4O3S. The minimum absolute atomic E-state index is 0. The molecule has 1 aliphatic rings. The normalized spacial score (nSPS) is 16.2. The van der Waals surface area contributed by atoms with Crippen LogP contribution in [-0.2, 0) is 21.3 Å². The first-order chi connectivity index (χ1) is 14.1. The maximum atomic E-state index is 12.8. The maximum Gasteiger partial charge on any atom is 0.241 e. The van der Waals surface area contributed by atoms with Gasteiger partial charge in [-0.1, -0.05) is 24.6 Å². The summed E-state index contributed by atoms with van der Waals surface area (Å²) in [7, 11) is -1.88. The number of hydrogen-bond acceptors (Lipinski definition) is 4. The quantitative estimate of drug-likeness (QED) is 0.229. The summed E-state index contributed by atoms with van der Waals surface area (Å²) >= 11 is 0. The molecule has 0 spiro atoms. The predicted molar refractivity (Wildman–Crippen MR) is 138 cm³/mol. The number of aliphatic imine (C=N–C) groups is 1. The third-order valence-electron chi connectivity index (χ3n) is 5.34. The highest BCUT2D eigenvalue weighted by Crippen LogP contribution is 2.43. The first kappa shape index (κ1) is 28.1. The van der Waals surface area contributed by atoms with Crippen molar-refractivity contribution in [2.75, 3.05) is 26.8 Å². The van der Waals surface area contributed by atoms with Gasteiger partial charge in [-0.15, -0.1) is 24.0 Å². The summed E-state index contributed by atoms with van der Waals surface area (Å²) < 4.78 is 33.7. The summed E-state index contributed by atoms with van der Waals surface area (Å²) in [6.07, 6.45) is 4.69. The predicted octanol–water partition coefficient (Wildman–Crippen LogP) is 3.64. The lowest BCUT2D eigenvalue weighted by Gasteiger charge is -2.42. The first-order valence-corrected chi connectivity index (χ1v) is 12.2. The van der Waals surface area contributed by atoms with Gasteiger partial charge in [-0.05, 0) is 64.0 Å². The Bertz CT molecular complexity index is 818. The largest absolute Gasteiger partial charge is 0.385 e. The van der Waals surface area contributed by atoms with Crippen LogP contribution in [0.1, 0.15) is 58.9 Å². The molecule has 7 nitrogen and oxygen atoms in total. The van der Waals surface area contributed by atoms with Crippen molar-refractivity contribution in [3.05, 3.63) is 29.8 Å². The number of benzene rings is 1. The zero-order valence-corrected chi connectivity index (χ0v) is 22.6. The number of nitrogens with one attached hydrogen (secondary N) is 3. The second-order valence-corrected chi connectivity index (χ2v) is 10.8. The van der Waals surface area contributed by atoms with Crippen LogP contribution in [0.15, 0.2) is 34.2 Å². The van der Waals surface area contributed by atoms with Gasteiger partial charge < -0.3 is 15.4 Å². The number of sulfonamides is 1. The Morgan fingerprint density at radius 3 is 2.42 bits per heavy atom. The van der Waals surface area contributed by atoms with Gasteiger partial charge in [0.1, 0.15) is 0 Å². The average Bonchev–Trinajstić information content (AvgIpc) is 2.63. The molecule has 178 valence electrons. The molecule has 0 aliphatic heterocycles. The highest BCUT2D eigenvalue weighted by molar-refractivity contribution is 14.0. The van der Waals surface area contributed by atoms with Crippen molar-refractivity contribution in [2.24, 2.45) is 10.4 Å². The summed E-state index contributed by atoms with van der Waals surface area (Å²) in [6.45, 7) is 10.1. The minimum atomic E-state index is -3.62. The molecule has 1 saturated carbocycles. The standard InChI is InChI=1S/C22H38N4O3S.HI/c1-6-23-20(25-17-22(12-9-13-22)14-15-29-5)24-16-18-10-7-8-11-19(18)30(27,28)26-21(2,3)4;/h7-8,10-11,26H,6,9,12-17H2,1-5H3,(H2,23,24,25);1H. The van der Waals surface area contributed by atoms with E-state index in [1.54, 1.807) is 19.2 Å². The number of halogens is 1. The molecule has 1 aromatic carbocycles. The molecule has 1 fully saturated rings. The zero-order chi connectivity index (χ0) is 22.3. The van der Waals surface area contributed by atoms with Gasteiger partial charge in [-0.2, -0.15) is 0 Å². The van der Waals surface area contributed by atoms with Crippen molar-refractivity contribution < 1.29 is 13.2 Å². The molecule has 3 N–H and O–H groups in total. The topological polar surface area (TPSA) is 91.8 Å². The van der Waals surface area contributed by atoms with Crippen LogP contribution in [0.2, 0.25) is 0 Å². The number of methoxy groups -OCH3 is 1. The Morgan fingerprint density at radius 2 is 1.87 bits per heavy atom. The summed E-state index contributed by atoms with van der Waals surface area (Å²) in [5.74, 6) is 0.706. The van der Waals surface area contributed by atoms with E-state index in [2.05, 4.69) is 20.3 Å². The van der Waals surface area contributed by atoms with Crippen molar-refractivity contribution in [3.63, 3.8) is 0 Å². The van der Waals surface area contributed by atoms with Crippen molar-refractivity contribution in [1.82, 2.24) is 15.4 Å². The number of guanidine groups is 1. The second-order valence-electron chi connectivity index (χ2n) is 9.11. The Balaban J connectivity index is 0.00000480. The molecule has 0 bridgehead atoms. The molecule has 0 aromatic heterocycles. The smallest absolute Gasteiger partial charge is 0.241 e. The van der Waals surface area contributed by atoms with Crippen LogP contribution in [0.3, 0.4) is 0 Å². The fourth-order valence-electron chi connectivity index (χ4n) is 3.64. The average molecular weight is 567 g/mol. The fraction of sp³-hybridized carbons (Fsp3) is 0.682. The second kappa shape index (κ2) is 12.4.